The second kappa shape index (κ2) is 8.94. The molecule has 1 amide bonds. The molecule has 5 rings (SSSR count). The van der Waals surface area contributed by atoms with Crippen molar-refractivity contribution in [2.75, 3.05) is 13.2 Å². The largest absolute Gasteiger partial charge is 0.493 e. The molecule has 1 atom stereocenters. The molecule has 2 aliphatic heterocycles. The van der Waals surface area contributed by atoms with Crippen LogP contribution < -0.4 is 4.74 Å². The van der Waals surface area contributed by atoms with Crippen molar-refractivity contribution < 1.29 is 14.3 Å². The Bertz CT molecular complexity index is 1050. The number of hydrogen-bond donors (Lipinski definition) is 0. The van der Waals surface area contributed by atoms with Crippen LogP contribution in [-0.2, 0) is 42.1 Å². The van der Waals surface area contributed by atoms with Crippen LogP contribution in [0.25, 0.3) is 0 Å². The standard InChI is InChI=1S/C25H27N3O3/c29-25(14-19-8-9-24-20(13-19)5-4-12-30-24)28-15-22-7-3-11-27(22)16-23(17-28)31-18-21-6-1-2-10-26-21/h1-3,6-11,13,23H,4-5,12,14-18H2. The molecule has 4 heterocycles. The number of fused-ring (bicyclic) bond motifs is 2. The summed E-state index contributed by atoms with van der Waals surface area (Å²) in [4.78, 5) is 19.5. The molecule has 0 aliphatic carbocycles. The second-order valence-electron chi connectivity index (χ2n) is 8.25. The van der Waals surface area contributed by atoms with E-state index in [9.17, 15) is 4.79 Å². The fraction of sp³-hybridized carbons (Fsp3) is 0.360. The van der Waals surface area contributed by atoms with Crippen molar-refractivity contribution in [1.29, 1.82) is 0 Å². The van der Waals surface area contributed by atoms with Crippen molar-refractivity contribution in [1.82, 2.24) is 14.5 Å². The molecule has 6 heteroatoms. The first-order valence-corrected chi connectivity index (χ1v) is 10.9. The summed E-state index contributed by atoms with van der Waals surface area (Å²) < 4.78 is 14.1. The molecular formula is C25H27N3O3. The molecular weight excluding hydrogens is 390 g/mol. The first kappa shape index (κ1) is 19.8. The predicted octanol–water partition coefficient (Wildman–Crippen LogP) is 3.38. The van der Waals surface area contributed by atoms with Gasteiger partial charge >= 0.3 is 0 Å². The Morgan fingerprint density at radius 3 is 3.03 bits per heavy atom. The molecule has 0 fully saturated rings. The number of aromatic nitrogens is 2. The number of hydrogen-bond acceptors (Lipinski definition) is 4. The lowest BCUT2D eigenvalue weighted by molar-refractivity contribution is -0.133. The zero-order valence-corrected chi connectivity index (χ0v) is 17.6. The highest BCUT2D eigenvalue weighted by atomic mass is 16.5. The van der Waals surface area contributed by atoms with Gasteiger partial charge in [0, 0.05) is 24.6 Å². The zero-order valence-electron chi connectivity index (χ0n) is 17.6. The zero-order chi connectivity index (χ0) is 21.0. The van der Waals surface area contributed by atoms with Gasteiger partial charge < -0.3 is 18.9 Å². The van der Waals surface area contributed by atoms with Gasteiger partial charge in [0.25, 0.3) is 0 Å². The number of carbonyl (C=O) groups excluding carboxylic acids is 1. The molecule has 160 valence electrons. The molecule has 0 radical (unpaired) electrons. The van der Waals surface area contributed by atoms with Crippen molar-refractivity contribution in [2.45, 2.75) is 45.1 Å². The SMILES string of the molecule is O=C(Cc1ccc2c(c1)CCCO2)N1Cc2cccn2CC(OCc2ccccn2)C1. The minimum Gasteiger partial charge on any atom is -0.493 e. The summed E-state index contributed by atoms with van der Waals surface area (Å²) in [6.07, 6.45) is 6.18. The van der Waals surface area contributed by atoms with Crippen LogP contribution in [-0.4, -0.2) is 39.6 Å². The summed E-state index contributed by atoms with van der Waals surface area (Å²) in [5.41, 5.74) is 4.28. The predicted molar refractivity (Wildman–Crippen MR) is 117 cm³/mol. The number of benzene rings is 1. The third-order valence-corrected chi connectivity index (χ3v) is 5.97. The van der Waals surface area contributed by atoms with Crippen LogP contribution in [0.1, 0.15) is 28.9 Å². The lowest BCUT2D eigenvalue weighted by Gasteiger charge is -2.25. The Balaban J connectivity index is 1.29. The maximum Gasteiger partial charge on any atom is 0.227 e. The maximum absolute atomic E-state index is 13.3. The summed E-state index contributed by atoms with van der Waals surface area (Å²) >= 11 is 0. The molecule has 1 unspecified atom stereocenters. The van der Waals surface area contributed by atoms with Crippen LogP contribution in [0.5, 0.6) is 5.75 Å². The van der Waals surface area contributed by atoms with Crippen LogP contribution in [0.15, 0.2) is 60.9 Å². The highest BCUT2D eigenvalue weighted by Gasteiger charge is 2.26. The number of pyridine rings is 1. The van der Waals surface area contributed by atoms with Gasteiger partial charge in [0.15, 0.2) is 0 Å². The minimum absolute atomic E-state index is 0.0865. The van der Waals surface area contributed by atoms with E-state index in [1.807, 2.05) is 41.3 Å². The summed E-state index contributed by atoms with van der Waals surface area (Å²) in [6, 6.07) is 16.1. The number of aryl methyl sites for hydroxylation is 1. The molecule has 1 aromatic carbocycles. The first-order chi connectivity index (χ1) is 15.2. The van der Waals surface area contributed by atoms with Gasteiger partial charge in [-0.2, -0.15) is 0 Å². The van der Waals surface area contributed by atoms with E-state index in [0.29, 0.717) is 26.1 Å². The van der Waals surface area contributed by atoms with E-state index in [2.05, 4.69) is 27.9 Å². The Morgan fingerprint density at radius 2 is 2.13 bits per heavy atom. The minimum atomic E-state index is -0.0865. The van der Waals surface area contributed by atoms with Crippen LogP contribution in [0.3, 0.4) is 0 Å². The van der Waals surface area contributed by atoms with Crippen molar-refractivity contribution in [3.8, 4) is 5.75 Å². The van der Waals surface area contributed by atoms with Gasteiger partial charge in [0.05, 0.1) is 44.5 Å². The average molecular weight is 418 g/mol. The van der Waals surface area contributed by atoms with E-state index in [1.54, 1.807) is 6.20 Å². The summed E-state index contributed by atoms with van der Waals surface area (Å²) in [5, 5.41) is 0. The van der Waals surface area contributed by atoms with E-state index in [0.717, 1.165) is 48.7 Å². The van der Waals surface area contributed by atoms with E-state index in [-0.39, 0.29) is 12.0 Å². The third-order valence-electron chi connectivity index (χ3n) is 5.97. The van der Waals surface area contributed by atoms with Crippen molar-refractivity contribution in [2.24, 2.45) is 0 Å². The normalized spacial score (nSPS) is 17.9. The fourth-order valence-corrected chi connectivity index (χ4v) is 4.35. The molecule has 6 nitrogen and oxygen atoms in total. The summed E-state index contributed by atoms with van der Waals surface area (Å²) in [6.45, 7) is 3.12. The monoisotopic (exact) mass is 417 g/mol. The summed E-state index contributed by atoms with van der Waals surface area (Å²) in [5.74, 6) is 1.08. The van der Waals surface area contributed by atoms with Gasteiger partial charge in [0.2, 0.25) is 5.91 Å². The highest BCUT2D eigenvalue weighted by molar-refractivity contribution is 5.79. The quantitative estimate of drug-likeness (QED) is 0.639. The molecule has 0 saturated carbocycles. The average Bonchev–Trinajstić information content (AvgIpc) is 3.16. The van der Waals surface area contributed by atoms with Crippen LogP contribution in [0.4, 0.5) is 0 Å². The van der Waals surface area contributed by atoms with E-state index >= 15 is 0 Å². The highest BCUT2D eigenvalue weighted by Crippen LogP contribution is 2.26. The lowest BCUT2D eigenvalue weighted by atomic mass is 10.0. The molecule has 3 aromatic rings. The van der Waals surface area contributed by atoms with Gasteiger partial charge in [-0.05, 0) is 54.3 Å². The van der Waals surface area contributed by atoms with E-state index in [1.165, 1.54) is 5.56 Å². The number of carbonyl (C=O) groups is 1. The van der Waals surface area contributed by atoms with Crippen LogP contribution in [0, 0.1) is 0 Å². The van der Waals surface area contributed by atoms with Gasteiger partial charge in [-0.1, -0.05) is 18.2 Å². The molecule has 0 spiro atoms. The molecule has 0 bridgehead atoms. The van der Waals surface area contributed by atoms with Crippen LogP contribution >= 0.6 is 0 Å². The smallest absolute Gasteiger partial charge is 0.227 e. The van der Waals surface area contributed by atoms with Crippen LogP contribution in [0.2, 0.25) is 0 Å². The van der Waals surface area contributed by atoms with Gasteiger partial charge in [-0.15, -0.1) is 0 Å². The number of rotatable bonds is 5. The number of ether oxygens (including phenoxy) is 2. The second-order valence-corrected chi connectivity index (χ2v) is 8.25. The van der Waals surface area contributed by atoms with Crippen molar-refractivity contribution in [3.05, 3.63) is 83.4 Å². The maximum atomic E-state index is 13.3. The fourth-order valence-electron chi connectivity index (χ4n) is 4.35. The van der Waals surface area contributed by atoms with E-state index in [4.69, 9.17) is 9.47 Å². The molecule has 2 aromatic heterocycles. The molecule has 0 N–H and O–H groups in total. The van der Waals surface area contributed by atoms with Gasteiger partial charge in [-0.25, -0.2) is 0 Å². The molecule has 31 heavy (non-hydrogen) atoms. The first-order valence-electron chi connectivity index (χ1n) is 10.9. The molecule has 0 saturated heterocycles. The van der Waals surface area contributed by atoms with Crippen molar-refractivity contribution in [3.63, 3.8) is 0 Å². The third kappa shape index (κ3) is 4.64. The van der Waals surface area contributed by atoms with Crippen molar-refractivity contribution >= 4 is 5.91 Å². The Kier molecular flexibility index (Phi) is 5.71. The Labute approximate surface area is 182 Å². The number of amides is 1. The molecule has 2 aliphatic rings. The van der Waals surface area contributed by atoms with Gasteiger partial charge in [0.1, 0.15) is 5.75 Å². The van der Waals surface area contributed by atoms with Gasteiger partial charge in [-0.3, -0.25) is 9.78 Å². The Hall–Kier alpha value is -3.12. The lowest BCUT2D eigenvalue weighted by Crippen LogP contribution is -2.38. The summed E-state index contributed by atoms with van der Waals surface area (Å²) in [7, 11) is 0. The topological polar surface area (TPSA) is 56.6 Å². The Morgan fingerprint density at radius 1 is 1.16 bits per heavy atom. The van der Waals surface area contributed by atoms with E-state index < -0.39 is 0 Å². The number of nitrogens with zero attached hydrogens (tertiary/aromatic N) is 3.